The molecule has 0 aliphatic carbocycles. The molecule has 0 spiro atoms. The van der Waals surface area contributed by atoms with E-state index in [1.54, 1.807) is 6.92 Å². The van der Waals surface area contributed by atoms with Gasteiger partial charge in [-0.25, -0.2) is 0 Å². The van der Waals surface area contributed by atoms with Crippen molar-refractivity contribution in [2.45, 2.75) is 13.1 Å². The first kappa shape index (κ1) is 24.7. The molecule has 174 valence electrons. The Hall–Kier alpha value is -3.54. The van der Waals surface area contributed by atoms with Gasteiger partial charge in [0, 0.05) is 13.2 Å². The van der Waals surface area contributed by atoms with E-state index in [1.807, 2.05) is 0 Å². The highest BCUT2D eigenvalue weighted by atomic mass is 19.4. The Morgan fingerprint density at radius 2 is 1.78 bits per heavy atom. The minimum absolute atomic E-state index is 0.0253. The smallest absolute Gasteiger partial charge is 0.422 e. The molecule has 2 rings (SSSR count). The van der Waals surface area contributed by atoms with Crippen LogP contribution in [-0.4, -0.2) is 51.0 Å². The van der Waals surface area contributed by atoms with Crippen LogP contribution in [0.2, 0.25) is 0 Å². The lowest BCUT2D eigenvalue weighted by atomic mass is 10.1. The maximum absolute atomic E-state index is 12.8. The average Bonchev–Trinajstić information content (AvgIpc) is 2.72. The molecular weight excluding hydrogens is 437 g/mol. The van der Waals surface area contributed by atoms with Crippen molar-refractivity contribution in [2.24, 2.45) is 0 Å². The summed E-state index contributed by atoms with van der Waals surface area (Å²) in [6.45, 7) is 0.358. The molecule has 0 aromatic heterocycles. The van der Waals surface area contributed by atoms with Gasteiger partial charge in [-0.2, -0.15) is 13.2 Å². The lowest BCUT2D eigenvalue weighted by Gasteiger charge is -2.16. The van der Waals surface area contributed by atoms with E-state index in [4.69, 9.17) is 18.9 Å². The van der Waals surface area contributed by atoms with Crippen LogP contribution in [0.4, 0.5) is 24.5 Å². The van der Waals surface area contributed by atoms with Gasteiger partial charge in [-0.05, 0) is 24.6 Å². The second-order valence-corrected chi connectivity index (χ2v) is 6.48. The second kappa shape index (κ2) is 10.7. The molecule has 12 heteroatoms. The van der Waals surface area contributed by atoms with E-state index in [1.165, 1.54) is 32.4 Å². The van der Waals surface area contributed by atoms with Gasteiger partial charge in [-0.15, -0.1) is 0 Å². The van der Waals surface area contributed by atoms with Gasteiger partial charge >= 0.3 is 6.18 Å². The van der Waals surface area contributed by atoms with Crippen molar-refractivity contribution < 1.29 is 41.8 Å². The van der Waals surface area contributed by atoms with Gasteiger partial charge < -0.3 is 24.3 Å². The van der Waals surface area contributed by atoms with E-state index in [2.05, 4.69) is 5.32 Å². The zero-order chi connectivity index (χ0) is 23.9. The Morgan fingerprint density at radius 3 is 2.38 bits per heavy atom. The summed E-state index contributed by atoms with van der Waals surface area (Å²) in [6.07, 6.45) is -4.59. The van der Waals surface area contributed by atoms with E-state index in [0.29, 0.717) is 5.56 Å². The molecule has 1 N–H and O–H groups in total. The van der Waals surface area contributed by atoms with Crippen molar-refractivity contribution in [2.75, 3.05) is 39.4 Å². The number of anilines is 1. The van der Waals surface area contributed by atoms with Crippen molar-refractivity contribution in [1.29, 1.82) is 0 Å². The number of nitro benzene ring substituents is 1. The number of ether oxygens (including phenoxy) is 4. The number of amides is 1. The van der Waals surface area contributed by atoms with Crippen molar-refractivity contribution in [1.82, 2.24) is 0 Å². The first-order chi connectivity index (χ1) is 15.1. The molecule has 0 heterocycles. The molecule has 2 aromatic carbocycles. The fourth-order valence-electron chi connectivity index (χ4n) is 2.59. The molecule has 0 aliphatic rings. The third kappa shape index (κ3) is 6.74. The predicted octanol–water partition coefficient (Wildman–Crippen LogP) is 4.13. The third-order valence-electron chi connectivity index (χ3n) is 4.04. The van der Waals surface area contributed by atoms with E-state index in [0.717, 1.165) is 12.1 Å². The minimum Gasteiger partial charge on any atom is -0.493 e. The predicted molar refractivity (Wildman–Crippen MR) is 108 cm³/mol. The van der Waals surface area contributed by atoms with Crippen LogP contribution in [0.15, 0.2) is 30.3 Å². The van der Waals surface area contributed by atoms with Crippen molar-refractivity contribution in [3.63, 3.8) is 0 Å². The summed E-state index contributed by atoms with van der Waals surface area (Å²) in [7, 11) is 2.74. The van der Waals surface area contributed by atoms with Gasteiger partial charge in [0.05, 0.1) is 30.4 Å². The Labute approximate surface area is 181 Å². The first-order valence-electron chi connectivity index (χ1n) is 9.15. The zero-order valence-corrected chi connectivity index (χ0v) is 17.4. The van der Waals surface area contributed by atoms with Gasteiger partial charge in [0.15, 0.2) is 18.1 Å². The van der Waals surface area contributed by atoms with E-state index in [-0.39, 0.29) is 41.7 Å². The Kier molecular flexibility index (Phi) is 8.24. The lowest BCUT2D eigenvalue weighted by Crippen LogP contribution is -2.21. The molecule has 1 amide bonds. The molecule has 0 radical (unpaired) electrons. The minimum atomic E-state index is -4.59. The Morgan fingerprint density at radius 1 is 1.06 bits per heavy atom. The van der Waals surface area contributed by atoms with Crippen molar-refractivity contribution in [3.05, 3.63) is 51.6 Å². The number of hydrogen-bond acceptors (Lipinski definition) is 7. The summed E-state index contributed by atoms with van der Waals surface area (Å²) in [5.41, 5.74) is -0.460. The quantitative estimate of drug-likeness (QED) is 0.324. The van der Waals surface area contributed by atoms with Gasteiger partial charge in [0.25, 0.3) is 11.6 Å². The summed E-state index contributed by atoms with van der Waals surface area (Å²) >= 11 is 0. The molecule has 0 saturated carbocycles. The molecule has 0 fully saturated rings. The average molecular weight is 458 g/mol. The number of aryl methyl sites for hydroxylation is 1. The molecule has 9 nitrogen and oxygen atoms in total. The molecular formula is C20H21F3N2O7. The highest BCUT2D eigenvalue weighted by molar-refractivity contribution is 6.08. The summed E-state index contributed by atoms with van der Waals surface area (Å²) in [6, 6.07) is 6.32. The highest BCUT2D eigenvalue weighted by Gasteiger charge is 2.29. The Bertz CT molecular complexity index is 980. The number of nitrogens with one attached hydrogen (secondary N) is 1. The van der Waals surface area contributed by atoms with Crippen molar-refractivity contribution in [3.8, 4) is 17.2 Å². The van der Waals surface area contributed by atoms with Gasteiger partial charge in [0.2, 0.25) is 0 Å². The summed E-state index contributed by atoms with van der Waals surface area (Å²) in [5.74, 6) is -1.10. The van der Waals surface area contributed by atoms with E-state index >= 15 is 0 Å². The summed E-state index contributed by atoms with van der Waals surface area (Å²) in [5, 5.41) is 13.9. The first-order valence-corrected chi connectivity index (χ1v) is 9.15. The number of benzene rings is 2. The second-order valence-electron chi connectivity index (χ2n) is 6.48. The topological polar surface area (TPSA) is 109 Å². The number of carbonyl (C=O) groups is 1. The standard InChI is InChI=1S/C20H21F3N2O7/c1-12-4-5-14(16(8-12)32-11-20(21,22)23)24-19(26)13-9-17(30-3)18(31-7-6-29-2)10-15(13)25(27)28/h4-5,8-10H,6-7,11H2,1-3H3,(H,24,26). The van der Waals surface area contributed by atoms with Crippen LogP contribution in [0.25, 0.3) is 0 Å². The van der Waals surface area contributed by atoms with Gasteiger partial charge in [-0.1, -0.05) is 6.07 Å². The van der Waals surface area contributed by atoms with E-state index in [9.17, 15) is 28.1 Å². The maximum Gasteiger partial charge on any atom is 0.422 e. The van der Waals surface area contributed by atoms with Crippen LogP contribution in [-0.2, 0) is 4.74 Å². The zero-order valence-electron chi connectivity index (χ0n) is 17.4. The molecule has 0 atom stereocenters. The number of alkyl halides is 3. The van der Waals surface area contributed by atoms with Crippen LogP contribution in [0.1, 0.15) is 15.9 Å². The highest BCUT2D eigenvalue weighted by Crippen LogP contribution is 2.36. The fourth-order valence-corrected chi connectivity index (χ4v) is 2.59. The number of hydrogen-bond donors (Lipinski definition) is 1. The number of rotatable bonds is 10. The van der Waals surface area contributed by atoms with Crippen LogP contribution >= 0.6 is 0 Å². The number of carbonyl (C=O) groups excluding carboxylic acids is 1. The number of nitro groups is 1. The SMILES string of the molecule is COCCOc1cc([N+](=O)[O-])c(C(=O)Nc2ccc(C)cc2OCC(F)(F)F)cc1OC. The van der Waals surface area contributed by atoms with Gasteiger partial charge in [-0.3, -0.25) is 14.9 Å². The normalized spacial score (nSPS) is 11.1. The molecule has 32 heavy (non-hydrogen) atoms. The summed E-state index contributed by atoms with van der Waals surface area (Å²) < 4.78 is 57.9. The number of halogens is 3. The van der Waals surface area contributed by atoms with Gasteiger partial charge in [0.1, 0.15) is 17.9 Å². The largest absolute Gasteiger partial charge is 0.493 e. The Balaban J connectivity index is 2.38. The van der Waals surface area contributed by atoms with Crippen molar-refractivity contribution >= 4 is 17.3 Å². The summed E-state index contributed by atoms with van der Waals surface area (Å²) in [4.78, 5) is 23.6. The van der Waals surface area contributed by atoms with Crippen LogP contribution < -0.4 is 19.5 Å². The molecule has 0 saturated heterocycles. The van der Waals surface area contributed by atoms with E-state index < -0.39 is 29.3 Å². The third-order valence-corrected chi connectivity index (χ3v) is 4.04. The fraction of sp³-hybridized carbons (Fsp3) is 0.350. The number of methoxy groups -OCH3 is 2. The molecule has 0 bridgehead atoms. The maximum atomic E-state index is 12.8. The monoisotopic (exact) mass is 458 g/mol. The number of nitrogens with zero attached hydrogens (tertiary/aromatic N) is 1. The molecule has 0 aliphatic heterocycles. The van der Waals surface area contributed by atoms with Crippen LogP contribution in [0.5, 0.6) is 17.2 Å². The molecule has 0 unspecified atom stereocenters. The van der Waals surface area contributed by atoms with Crippen LogP contribution in [0.3, 0.4) is 0 Å². The lowest BCUT2D eigenvalue weighted by molar-refractivity contribution is -0.385. The van der Waals surface area contributed by atoms with Crippen LogP contribution in [0, 0.1) is 17.0 Å². The molecule has 2 aromatic rings.